The number of amides is 2. The number of nitrogens with zero attached hydrogens (tertiary/aromatic N) is 3. The molecule has 11 heteroatoms. The molecule has 0 saturated carbocycles. The van der Waals surface area contributed by atoms with Crippen LogP contribution in [0.4, 0.5) is 5.13 Å². The number of hydrogen-bond acceptors (Lipinski definition) is 6. The second-order valence-electron chi connectivity index (χ2n) is 7.28. The van der Waals surface area contributed by atoms with Gasteiger partial charge in [-0.15, -0.1) is 11.3 Å². The van der Waals surface area contributed by atoms with E-state index in [0.29, 0.717) is 37.6 Å². The van der Waals surface area contributed by atoms with Crippen molar-refractivity contribution in [3.8, 4) is 0 Å². The summed E-state index contributed by atoms with van der Waals surface area (Å²) in [5, 5.41) is 5.01. The molecule has 0 bridgehead atoms. The molecule has 0 radical (unpaired) electrons. The van der Waals surface area contributed by atoms with Gasteiger partial charge in [-0.3, -0.25) is 9.59 Å². The molecule has 4 heterocycles. The van der Waals surface area contributed by atoms with Crippen molar-refractivity contribution in [3.63, 3.8) is 0 Å². The molecule has 2 fully saturated rings. The topological polar surface area (TPSA) is 115 Å². The van der Waals surface area contributed by atoms with Crippen molar-refractivity contribution >= 4 is 38.3 Å². The highest BCUT2D eigenvalue weighted by Gasteiger charge is 2.34. The quantitative estimate of drug-likeness (QED) is 0.739. The molecule has 1 atom stereocenters. The van der Waals surface area contributed by atoms with E-state index in [1.54, 1.807) is 16.5 Å². The van der Waals surface area contributed by atoms with Crippen LogP contribution in [0.5, 0.6) is 0 Å². The van der Waals surface area contributed by atoms with Crippen LogP contribution in [-0.4, -0.2) is 65.6 Å². The van der Waals surface area contributed by atoms with Crippen LogP contribution >= 0.6 is 11.3 Å². The van der Waals surface area contributed by atoms with E-state index in [1.165, 1.54) is 27.9 Å². The number of carbonyl (C=O) groups is 2. The third kappa shape index (κ3) is 4.21. The van der Waals surface area contributed by atoms with Crippen LogP contribution in [0.3, 0.4) is 0 Å². The maximum Gasteiger partial charge on any atom is 0.270 e. The predicted molar refractivity (Wildman–Crippen MR) is 108 cm³/mol. The van der Waals surface area contributed by atoms with Gasteiger partial charge in [-0.2, -0.15) is 4.31 Å². The van der Waals surface area contributed by atoms with Crippen molar-refractivity contribution in [1.82, 2.24) is 19.2 Å². The number of H-pyrrole nitrogens is 1. The Kier molecular flexibility index (Phi) is 5.70. The molecule has 0 aliphatic carbocycles. The molecular formula is C18H23N5O4S2. The van der Waals surface area contributed by atoms with Crippen molar-refractivity contribution in [2.75, 3.05) is 31.5 Å². The van der Waals surface area contributed by atoms with Gasteiger partial charge in [-0.25, -0.2) is 13.4 Å². The van der Waals surface area contributed by atoms with Gasteiger partial charge in [0.1, 0.15) is 10.6 Å². The fourth-order valence-corrected chi connectivity index (χ4v) is 5.80. The Hall–Kier alpha value is -2.24. The van der Waals surface area contributed by atoms with E-state index in [-0.39, 0.29) is 28.9 Å². The number of rotatable bonds is 5. The van der Waals surface area contributed by atoms with Gasteiger partial charge >= 0.3 is 0 Å². The first-order valence-electron chi connectivity index (χ1n) is 9.63. The number of carbonyl (C=O) groups excluding carboxylic acids is 2. The van der Waals surface area contributed by atoms with Crippen molar-refractivity contribution in [3.05, 3.63) is 29.5 Å². The number of nitrogens with one attached hydrogen (secondary N) is 2. The number of aromatic amines is 1. The highest BCUT2D eigenvalue weighted by atomic mass is 32.2. The number of anilines is 1. The number of likely N-dealkylation sites (tertiary alicyclic amines) is 1. The fourth-order valence-electron chi connectivity index (χ4n) is 3.75. The van der Waals surface area contributed by atoms with Gasteiger partial charge in [-0.05, 0) is 31.7 Å². The Balaban J connectivity index is 1.45. The van der Waals surface area contributed by atoms with Gasteiger partial charge < -0.3 is 15.2 Å². The van der Waals surface area contributed by atoms with E-state index in [9.17, 15) is 18.0 Å². The molecule has 2 aromatic heterocycles. The summed E-state index contributed by atoms with van der Waals surface area (Å²) in [4.78, 5) is 33.6. The normalized spacial score (nSPS) is 20.7. The molecule has 2 amide bonds. The van der Waals surface area contributed by atoms with Crippen LogP contribution in [0.15, 0.2) is 28.7 Å². The van der Waals surface area contributed by atoms with E-state index in [2.05, 4.69) is 15.3 Å². The van der Waals surface area contributed by atoms with E-state index in [4.69, 9.17) is 0 Å². The zero-order valence-corrected chi connectivity index (χ0v) is 17.5. The lowest BCUT2D eigenvalue weighted by molar-refractivity contribution is -0.120. The van der Waals surface area contributed by atoms with E-state index < -0.39 is 15.9 Å². The molecule has 4 rings (SSSR count). The smallest absolute Gasteiger partial charge is 0.270 e. The Bertz CT molecular complexity index is 980. The highest BCUT2D eigenvalue weighted by molar-refractivity contribution is 7.89. The first-order chi connectivity index (χ1) is 13.9. The predicted octanol–water partition coefficient (Wildman–Crippen LogP) is 1.75. The van der Waals surface area contributed by atoms with Crippen molar-refractivity contribution < 1.29 is 18.0 Å². The minimum absolute atomic E-state index is 0.0565. The molecule has 2 aliphatic rings. The first-order valence-corrected chi connectivity index (χ1v) is 12.0. The van der Waals surface area contributed by atoms with Gasteiger partial charge in [0, 0.05) is 44.0 Å². The van der Waals surface area contributed by atoms with Crippen LogP contribution < -0.4 is 5.32 Å². The standard InChI is InChI=1S/C18H23N5O4S2/c24-16(21-18-19-5-9-28-18)13-4-3-8-23(12-13)29(26,27)14-10-15(20-11-14)17(25)22-6-1-2-7-22/h5,9-11,13,20H,1-4,6-8,12H2,(H,19,21,24)/t13-/m1/s1. The zero-order valence-electron chi connectivity index (χ0n) is 15.8. The third-order valence-corrected chi connectivity index (χ3v) is 7.87. The van der Waals surface area contributed by atoms with Crippen molar-refractivity contribution in [2.45, 2.75) is 30.6 Å². The van der Waals surface area contributed by atoms with Crippen LogP contribution in [0, 0.1) is 5.92 Å². The van der Waals surface area contributed by atoms with E-state index >= 15 is 0 Å². The van der Waals surface area contributed by atoms with E-state index in [1.807, 2.05) is 0 Å². The summed E-state index contributed by atoms with van der Waals surface area (Å²) in [6.45, 7) is 1.86. The molecule has 0 aromatic carbocycles. The molecule has 0 spiro atoms. The minimum atomic E-state index is -3.79. The summed E-state index contributed by atoms with van der Waals surface area (Å²) >= 11 is 1.32. The average molecular weight is 438 g/mol. The number of hydrogen-bond donors (Lipinski definition) is 2. The zero-order chi connectivity index (χ0) is 20.4. The Labute approximate surface area is 173 Å². The minimum Gasteiger partial charge on any atom is -0.356 e. The van der Waals surface area contributed by atoms with Gasteiger partial charge in [-0.1, -0.05) is 0 Å². The lowest BCUT2D eigenvalue weighted by atomic mass is 9.99. The highest BCUT2D eigenvalue weighted by Crippen LogP contribution is 2.26. The summed E-state index contributed by atoms with van der Waals surface area (Å²) < 4.78 is 27.5. The largest absolute Gasteiger partial charge is 0.356 e. The molecule has 29 heavy (non-hydrogen) atoms. The Morgan fingerprint density at radius 1 is 1.21 bits per heavy atom. The molecular weight excluding hydrogens is 414 g/mol. The lowest BCUT2D eigenvalue weighted by Crippen LogP contribution is -2.43. The molecule has 2 aromatic rings. The molecule has 2 N–H and O–H groups in total. The fraction of sp³-hybridized carbons (Fsp3) is 0.500. The number of sulfonamides is 1. The lowest BCUT2D eigenvalue weighted by Gasteiger charge is -2.30. The van der Waals surface area contributed by atoms with Crippen LogP contribution in [0.25, 0.3) is 0 Å². The SMILES string of the molecule is O=C(Nc1nccs1)[C@@H]1CCCN(S(=O)(=O)c2c[nH]c(C(=O)N3CCCC3)c2)C1. The van der Waals surface area contributed by atoms with Crippen LogP contribution in [0.1, 0.15) is 36.2 Å². The maximum atomic E-state index is 13.1. The Morgan fingerprint density at radius 3 is 2.72 bits per heavy atom. The maximum absolute atomic E-state index is 13.1. The van der Waals surface area contributed by atoms with Crippen LogP contribution in [0.2, 0.25) is 0 Å². The summed E-state index contributed by atoms with van der Waals surface area (Å²) in [7, 11) is -3.79. The van der Waals surface area contributed by atoms with Crippen molar-refractivity contribution in [1.29, 1.82) is 0 Å². The number of aromatic nitrogens is 2. The van der Waals surface area contributed by atoms with Gasteiger partial charge in [0.25, 0.3) is 5.91 Å². The number of thiazole rings is 1. The second-order valence-corrected chi connectivity index (χ2v) is 10.1. The molecule has 2 saturated heterocycles. The summed E-state index contributed by atoms with van der Waals surface area (Å²) in [5.74, 6) is -0.839. The Morgan fingerprint density at radius 2 is 2.00 bits per heavy atom. The van der Waals surface area contributed by atoms with Crippen LogP contribution in [-0.2, 0) is 14.8 Å². The monoisotopic (exact) mass is 437 g/mol. The summed E-state index contributed by atoms with van der Waals surface area (Å²) in [5.41, 5.74) is 0.278. The average Bonchev–Trinajstić information content (AvgIpc) is 3.50. The van der Waals surface area contributed by atoms with Crippen molar-refractivity contribution in [2.24, 2.45) is 5.92 Å². The third-order valence-electron chi connectivity index (χ3n) is 5.34. The van der Waals surface area contributed by atoms with E-state index in [0.717, 1.165) is 12.8 Å². The molecule has 0 unspecified atom stereocenters. The van der Waals surface area contributed by atoms with Gasteiger partial charge in [0.05, 0.1) is 5.92 Å². The molecule has 9 nitrogen and oxygen atoms in total. The van der Waals surface area contributed by atoms with Gasteiger partial charge in [0.2, 0.25) is 15.9 Å². The summed E-state index contributed by atoms with van der Waals surface area (Å²) in [6.07, 6.45) is 6.11. The number of piperidine rings is 1. The second kappa shape index (κ2) is 8.25. The molecule has 156 valence electrons. The summed E-state index contributed by atoms with van der Waals surface area (Å²) in [6, 6.07) is 1.40. The molecule has 2 aliphatic heterocycles. The van der Waals surface area contributed by atoms with Gasteiger partial charge in [0.15, 0.2) is 5.13 Å². The first kappa shape index (κ1) is 20.0.